The Bertz CT molecular complexity index is 138. The van der Waals surface area contributed by atoms with Crippen LogP contribution in [-0.2, 0) is 13.6 Å². The van der Waals surface area contributed by atoms with Crippen molar-refractivity contribution < 1.29 is 27.3 Å². The Morgan fingerprint density at radius 2 is 2.20 bits per heavy atom. The maximum absolute atomic E-state index is 11.3. The number of phosphoric acid groups is 1. The van der Waals surface area contributed by atoms with E-state index < -0.39 is 20.9 Å². The fourth-order valence-corrected chi connectivity index (χ4v) is 0.601. The zero-order chi connectivity index (χ0) is 8.20. The summed E-state index contributed by atoms with van der Waals surface area (Å²) in [5.74, 6) is 0. The van der Waals surface area contributed by atoms with E-state index in [1.54, 1.807) is 0 Å². The normalized spacial score (nSPS) is 17.3. The highest BCUT2D eigenvalue weighted by Gasteiger charge is 2.10. The molecular weight excluding hydrogens is 169 g/mol. The van der Waals surface area contributed by atoms with Crippen LogP contribution in [0.15, 0.2) is 0 Å². The molecule has 0 aromatic carbocycles. The molecule has 0 aliphatic heterocycles. The molecule has 0 fully saturated rings. The summed E-state index contributed by atoms with van der Waals surface area (Å²) in [6, 6.07) is 0. The smallest absolute Gasteiger partial charge is 0.267 e. The van der Waals surface area contributed by atoms with Crippen molar-refractivity contribution >= 4 is 7.82 Å². The first-order chi connectivity index (χ1) is 4.48. The predicted molar refractivity (Wildman–Crippen MR) is 26.6 cm³/mol. The van der Waals surface area contributed by atoms with E-state index in [2.05, 4.69) is 9.05 Å². The van der Waals surface area contributed by atoms with E-state index in [1.165, 1.54) is 0 Å². The van der Waals surface area contributed by atoms with Gasteiger partial charge in [0.15, 0.2) is 0 Å². The lowest BCUT2D eigenvalue weighted by atomic mass is 10.8. The van der Waals surface area contributed by atoms with Gasteiger partial charge in [-0.2, -0.15) is 0 Å². The minimum atomic E-state index is -4.46. The number of rotatable bonds is 4. The fraction of sp³-hybridized carbons (Fsp3) is 1.00. The van der Waals surface area contributed by atoms with Gasteiger partial charge >= 0.3 is 0 Å². The summed E-state index contributed by atoms with van der Waals surface area (Å²) < 4.78 is 40.1. The van der Waals surface area contributed by atoms with Crippen LogP contribution in [0.1, 0.15) is 0 Å². The Balaban J connectivity index is 3.58. The summed E-state index contributed by atoms with van der Waals surface area (Å²) >= 11 is 0. The van der Waals surface area contributed by atoms with Gasteiger partial charge in [-0.25, -0.2) is 8.78 Å². The molecular formula is C3H6F2O4P-. The molecule has 62 valence electrons. The van der Waals surface area contributed by atoms with Crippen LogP contribution in [-0.4, -0.2) is 20.1 Å². The van der Waals surface area contributed by atoms with Crippen molar-refractivity contribution in [2.45, 2.75) is 6.43 Å². The van der Waals surface area contributed by atoms with Crippen molar-refractivity contribution in [2.75, 3.05) is 13.7 Å². The summed E-state index contributed by atoms with van der Waals surface area (Å²) in [6.07, 6.45) is -2.81. The summed E-state index contributed by atoms with van der Waals surface area (Å²) in [5, 5.41) is 0. The van der Waals surface area contributed by atoms with E-state index in [1.807, 2.05) is 0 Å². The first-order valence-electron chi connectivity index (χ1n) is 2.27. The molecule has 0 aliphatic carbocycles. The van der Waals surface area contributed by atoms with Crippen molar-refractivity contribution in [3.05, 3.63) is 0 Å². The number of halogens is 2. The van der Waals surface area contributed by atoms with Crippen LogP contribution in [0, 0.1) is 0 Å². The first kappa shape index (κ1) is 9.97. The van der Waals surface area contributed by atoms with Gasteiger partial charge in [0.1, 0.15) is 6.61 Å². The summed E-state index contributed by atoms with van der Waals surface area (Å²) in [7, 11) is -3.62. The second-order valence-electron chi connectivity index (χ2n) is 1.32. The van der Waals surface area contributed by atoms with Crippen LogP contribution in [0.3, 0.4) is 0 Å². The Labute approximate surface area is 56.4 Å². The minimum Gasteiger partial charge on any atom is -0.756 e. The zero-order valence-electron chi connectivity index (χ0n) is 5.12. The molecule has 0 aromatic heterocycles. The number of hydrogen-bond donors (Lipinski definition) is 0. The van der Waals surface area contributed by atoms with Crippen LogP contribution in [0.25, 0.3) is 0 Å². The van der Waals surface area contributed by atoms with E-state index >= 15 is 0 Å². The van der Waals surface area contributed by atoms with Gasteiger partial charge in [0.2, 0.25) is 0 Å². The fourth-order valence-electron chi connectivity index (χ4n) is 0.200. The summed E-state index contributed by atoms with van der Waals surface area (Å²) in [6.45, 7) is -1.16. The van der Waals surface area contributed by atoms with Gasteiger partial charge in [-0.05, 0) is 0 Å². The lowest BCUT2D eigenvalue weighted by Crippen LogP contribution is -2.10. The molecule has 0 saturated heterocycles. The Kier molecular flexibility index (Phi) is 3.96. The van der Waals surface area contributed by atoms with Crippen LogP contribution in [0.5, 0.6) is 0 Å². The van der Waals surface area contributed by atoms with Gasteiger partial charge in [0, 0.05) is 7.11 Å². The molecule has 1 atom stereocenters. The summed E-state index contributed by atoms with van der Waals surface area (Å²) in [5.41, 5.74) is 0. The van der Waals surface area contributed by atoms with E-state index in [4.69, 9.17) is 0 Å². The zero-order valence-corrected chi connectivity index (χ0v) is 6.02. The molecule has 4 nitrogen and oxygen atoms in total. The lowest BCUT2D eigenvalue weighted by molar-refractivity contribution is -0.225. The third-order valence-electron chi connectivity index (χ3n) is 0.582. The van der Waals surface area contributed by atoms with Crippen LogP contribution < -0.4 is 4.89 Å². The molecule has 0 aromatic rings. The largest absolute Gasteiger partial charge is 0.756 e. The molecule has 0 N–H and O–H groups in total. The van der Waals surface area contributed by atoms with Gasteiger partial charge in [-0.1, -0.05) is 0 Å². The van der Waals surface area contributed by atoms with Gasteiger partial charge in [0.25, 0.3) is 14.2 Å². The van der Waals surface area contributed by atoms with Crippen molar-refractivity contribution in [2.24, 2.45) is 0 Å². The van der Waals surface area contributed by atoms with Crippen LogP contribution >= 0.6 is 7.82 Å². The molecule has 0 saturated carbocycles. The van der Waals surface area contributed by atoms with Crippen molar-refractivity contribution in [3.8, 4) is 0 Å². The molecule has 1 unspecified atom stereocenters. The molecule has 0 rings (SSSR count). The van der Waals surface area contributed by atoms with E-state index in [9.17, 15) is 18.2 Å². The monoisotopic (exact) mass is 175 g/mol. The second-order valence-corrected chi connectivity index (χ2v) is 2.83. The maximum atomic E-state index is 11.3. The number of hydrogen-bond acceptors (Lipinski definition) is 4. The Hall–Kier alpha value is -0.0300. The topological polar surface area (TPSA) is 58.6 Å². The maximum Gasteiger partial charge on any atom is 0.267 e. The van der Waals surface area contributed by atoms with Crippen molar-refractivity contribution in [1.82, 2.24) is 0 Å². The number of phosphoric ester groups is 1. The summed E-state index contributed by atoms with van der Waals surface area (Å²) in [4.78, 5) is 10.2. The molecule has 0 bridgehead atoms. The van der Waals surface area contributed by atoms with E-state index in [-0.39, 0.29) is 0 Å². The Morgan fingerprint density at radius 1 is 1.70 bits per heavy atom. The van der Waals surface area contributed by atoms with Crippen molar-refractivity contribution in [1.29, 1.82) is 0 Å². The quantitative estimate of drug-likeness (QED) is 0.579. The first-order valence-corrected chi connectivity index (χ1v) is 3.73. The standard InChI is InChI=1S/C3H7F2O4P/c1-8-10(6,7)9-2-3(4)5/h3H,2H2,1H3,(H,6,7)/p-1. The average molecular weight is 175 g/mol. The van der Waals surface area contributed by atoms with E-state index in [0.29, 0.717) is 0 Å². The third-order valence-corrected chi connectivity index (χ3v) is 1.49. The number of alkyl halides is 2. The van der Waals surface area contributed by atoms with Crippen LogP contribution in [0.2, 0.25) is 0 Å². The van der Waals surface area contributed by atoms with Crippen LogP contribution in [0.4, 0.5) is 8.78 Å². The molecule has 0 aliphatic rings. The van der Waals surface area contributed by atoms with Gasteiger partial charge in [-0.3, -0.25) is 4.57 Å². The highest BCUT2D eigenvalue weighted by Crippen LogP contribution is 2.36. The molecule has 0 radical (unpaired) electrons. The van der Waals surface area contributed by atoms with Gasteiger partial charge < -0.3 is 13.9 Å². The molecule has 10 heavy (non-hydrogen) atoms. The highest BCUT2D eigenvalue weighted by molar-refractivity contribution is 7.45. The van der Waals surface area contributed by atoms with Gasteiger partial charge in [0.05, 0.1) is 0 Å². The highest BCUT2D eigenvalue weighted by atomic mass is 31.2. The lowest BCUT2D eigenvalue weighted by Gasteiger charge is -2.19. The second kappa shape index (κ2) is 3.98. The Morgan fingerprint density at radius 3 is 2.50 bits per heavy atom. The molecule has 0 amide bonds. The average Bonchev–Trinajstić information content (AvgIpc) is 1.85. The van der Waals surface area contributed by atoms with Gasteiger partial charge in [-0.15, -0.1) is 0 Å². The third kappa shape index (κ3) is 4.81. The minimum absolute atomic E-state index is 0.833. The molecule has 7 heteroatoms. The van der Waals surface area contributed by atoms with E-state index in [0.717, 1.165) is 7.11 Å². The molecule has 0 spiro atoms. The van der Waals surface area contributed by atoms with Crippen molar-refractivity contribution in [3.63, 3.8) is 0 Å². The molecule has 0 heterocycles. The SMILES string of the molecule is COP(=O)([O-])OCC(F)F. The predicted octanol–water partition coefficient (Wildman–Crippen LogP) is 0.383.